The molecule has 2 rings (SSSR count). The minimum absolute atomic E-state index is 0.0805. The molecule has 1 fully saturated rings. The summed E-state index contributed by atoms with van der Waals surface area (Å²) in [5.74, 6) is 0. The molecular weight excluding hydrogens is 278 g/mol. The van der Waals surface area contributed by atoms with Crippen LogP contribution in [0.15, 0.2) is 30.3 Å². The van der Waals surface area contributed by atoms with Crippen molar-refractivity contribution in [1.29, 1.82) is 0 Å². The predicted molar refractivity (Wildman–Crippen MR) is 88.1 cm³/mol. The summed E-state index contributed by atoms with van der Waals surface area (Å²) in [5, 5.41) is 5.89. The average molecular weight is 305 g/mol. The van der Waals surface area contributed by atoms with E-state index in [1.54, 1.807) is 0 Å². The Morgan fingerprint density at radius 3 is 2.55 bits per heavy atom. The van der Waals surface area contributed by atoms with E-state index in [1.807, 2.05) is 18.2 Å². The first kappa shape index (κ1) is 16.8. The molecular formula is C17H27N3O2. The summed E-state index contributed by atoms with van der Waals surface area (Å²) in [4.78, 5) is 14.2. The van der Waals surface area contributed by atoms with Gasteiger partial charge in [0.2, 0.25) is 0 Å². The van der Waals surface area contributed by atoms with Gasteiger partial charge in [-0.05, 0) is 5.56 Å². The van der Waals surface area contributed by atoms with E-state index in [9.17, 15) is 4.79 Å². The zero-order valence-corrected chi connectivity index (χ0v) is 13.6. The molecule has 5 heteroatoms. The molecule has 0 aromatic heterocycles. The van der Waals surface area contributed by atoms with Crippen molar-refractivity contribution in [2.45, 2.75) is 19.3 Å². The summed E-state index contributed by atoms with van der Waals surface area (Å²) in [5.41, 5.74) is 1.15. The summed E-state index contributed by atoms with van der Waals surface area (Å²) >= 11 is 0. The molecule has 0 atom stereocenters. The lowest BCUT2D eigenvalue weighted by Gasteiger charge is -2.27. The van der Waals surface area contributed by atoms with E-state index in [1.165, 1.54) is 5.56 Å². The Morgan fingerprint density at radius 1 is 1.18 bits per heavy atom. The van der Waals surface area contributed by atoms with E-state index < -0.39 is 0 Å². The molecule has 2 amide bonds. The zero-order chi connectivity index (χ0) is 15.8. The monoisotopic (exact) mass is 305 g/mol. The second-order valence-electron chi connectivity index (χ2n) is 6.31. The lowest BCUT2D eigenvalue weighted by Crippen LogP contribution is -2.46. The highest BCUT2D eigenvalue weighted by atomic mass is 16.5. The molecule has 0 aliphatic carbocycles. The molecule has 122 valence electrons. The fraction of sp³-hybridized carbons (Fsp3) is 0.588. The Hall–Kier alpha value is -1.59. The minimum Gasteiger partial charge on any atom is -0.379 e. The molecule has 2 N–H and O–H groups in total. The molecule has 1 aromatic rings. The second-order valence-corrected chi connectivity index (χ2v) is 6.31. The van der Waals surface area contributed by atoms with Crippen LogP contribution in [-0.2, 0) is 10.2 Å². The molecule has 1 saturated heterocycles. The highest BCUT2D eigenvalue weighted by molar-refractivity contribution is 5.73. The molecule has 1 heterocycles. The number of benzene rings is 1. The fourth-order valence-corrected chi connectivity index (χ4v) is 2.51. The van der Waals surface area contributed by atoms with Crippen LogP contribution in [0.25, 0.3) is 0 Å². The van der Waals surface area contributed by atoms with Gasteiger partial charge in [0.25, 0.3) is 0 Å². The number of urea groups is 1. The third kappa shape index (κ3) is 5.31. The van der Waals surface area contributed by atoms with Crippen molar-refractivity contribution in [2.24, 2.45) is 0 Å². The van der Waals surface area contributed by atoms with Crippen LogP contribution in [0.4, 0.5) is 4.79 Å². The Kier molecular flexibility index (Phi) is 6.21. The topological polar surface area (TPSA) is 53.6 Å². The molecule has 0 radical (unpaired) electrons. The predicted octanol–water partition coefficient (Wildman–Crippen LogP) is 1.60. The summed E-state index contributed by atoms with van der Waals surface area (Å²) in [6.07, 6.45) is 0. The lowest BCUT2D eigenvalue weighted by atomic mass is 9.85. The van der Waals surface area contributed by atoms with Gasteiger partial charge in [0, 0.05) is 38.1 Å². The van der Waals surface area contributed by atoms with Gasteiger partial charge in [0.15, 0.2) is 0 Å². The number of nitrogens with one attached hydrogen (secondary N) is 2. The van der Waals surface area contributed by atoms with Gasteiger partial charge in [0.05, 0.1) is 13.2 Å². The van der Waals surface area contributed by atoms with Gasteiger partial charge in [-0.1, -0.05) is 44.2 Å². The van der Waals surface area contributed by atoms with Crippen LogP contribution in [0.2, 0.25) is 0 Å². The molecule has 0 bridgehead atoms. The van der Waals surface area contributed by atoms with Crippen molar-refractivity contribution in [3.63, 3.8) is 0 Å². The second kappa shape index (κ2) is 8.15. The van der Waals surface area contributed by atoms with Crippen molar-refractivity contribution >= 4 is 6.03 Å². The summed E-state index contributed by atoms with van der Waals surface area (Å²) < 4.78 is 5.30. The van der Waals surface area contributed by atoms with Crippen molar-refractivity contribution in [2.75, 3.05) is 45.9 Å². The smallest absolute Gasteiger partial charge is 0.314 e. The molecule has 1 aromatic carbocycles. The average Bonchev–Trinajstić information content (AvgIpc) is 2.55. The number of carbonyl (C=O) groups is 1. The molecule has 1 aliphatic rings. The number of amides is 2. The quantitative estimate of drug-likeness (QED) is 0.839. The third-order valence-corrected chi connectivity index (χ3v) is 4.06. The number of morpholine rings is 1. The highest BCUT2D eigenvalue weighted by Crippen LogP contribution is 2.21. The van der Waals surface area contributed by atoms with E-state index in [2.05, 4.69) is 41.5 Å². The van der Waals surface area contributed by atoms with Crippen LogP contribution in [0.1, 0.15) is 19.4 Å². The highest BCUT2D eigenvalue weighted by Gasteiger charge is 2.21. The van der Waals surface area contributed by atoms with Crippen LogP contribution >= 0.6 is 0 Å². The number of nitrogens with zero attached hydrogens (tertiary/aromatic N) is 1. The van der Waals surface area contributed by atoms with E-state index in [0.29, 0.717) is 13.1 Å². The van der Waals surface area contributed by atoms with Crippen molar-refractivity contribution in [1.82, 2.24) is 15.5 Å². The third-order valence-electron chi connectivity index (χ3n) is 4.06. The first-order valence-electron chi connectivity index (χ1n) is 7.95. The molecule has 0 saturated carbocycles. The van der Waals surface area contributed by atoms with Gasteiger partial charge in [-0.3, -0.25) is 4.90 Å². The van der Waals surface area contributed by atoms with Gasteiger partial charge in [-0.2, -0.15) is 0 Å². The molecule has 22 heavy (non-hydrogen) atoms. The Labute approximate surface area is 133 Å². The van der Waals surface area contributed by atoms with E-state index in [-0.39, 0.29) is 11.4 Å². The lowest BCUT2D eigenvalue weighted by molar-refractivity contribution is 0.0387. The van der Waals surface area contributed by atoms with Gasteiger partial charge < -0.3 is 15.4 Å². The van der Waals surface area contributed by atoms with Crippen LogP contribution < -0.4 is 10.6 Å². The number of hydrogen-bond donors (Lipinski definition) is 2. The van der Waals surface area contributed by atoms with Crippen molar-refractivity contribution in [3.8, 4) is 0 Å². The zero-order valence-electron chi connectivity index (χ0n) is 13.6. The van der Waals surface area contributed by atoms with Crippen LogP contribution in [0.5, 0.6) is 0 Å². The summed E-state index contributed by atoms with van der Waals surface area (Å²) in [6, 6.07) is 10.2. The Balaban J connectivity index is 1.66. The first-order valence-corrected chi connectivity index (χ1v) is 7.95. The van der Waals surface area contributed by atoms with Gasteiger partial charge >= 0.3 is 6.03 Å². The Bertz CT molecular complexity index is 456. The van der Waals surface area contributed by atoms with Crippen molar-refractivity contribution < 1.29 is 9.53 Å². The maximum Gasteiger partial charge on any atom is 0.314 e. The fourth-order valence-electron chi connectivity index (χ4n) is 2.51. The maximum absolute atomic E-state index is 11.9. The summed E-state index contributed by atoms with van der Waals surface area (Å²) in [6.45, 7) is 9.90. The standard InChI is InChI=1S/C17H27N3O2/c1-17(2,15-6-4-3-5-7-15)14-19-16(21)18-8-9-20-10-12-22-13-11-20/h3-7H,8-14H2,1-2H3,(H2,18,19,21). The van der Waals surface area contributed by atoms with Crippen LogP contribution in [0, 0.1) is 0 Å². The summed E-state index contributed by atoms with van der Waals surface area (Å²) in [7, 11) is 0. The number of hydrogen-bond acceptors (Lipinski definition) is 3. The van der Waals surface area contributed by atoms with Crippen LogP contribution in [0.3, 0.4) is 0 Å². The van der Waals surface area contributed by atoms with E-state index >= 15 is 0 Å². The normalized spacial score (nSPS) is 16.3. The Morgan fingerprint density at radius 2 is 1.86 bits per heavy atom. The van der Waals surface area contributed by atoms with Gasteiger partial charge in [0.1, 0.15) is 0 Å². The van der Waals surface area contributed by atoms with E-state index in [0.717, 1.165) is 32.8 Å². The number of carbonyl (C=O) groups excluding carboxylic acids is 1. The van der Waals surface area contributed by atoms with E-state index in [4.69, 9.17) is 4.74 Å². The van der Waals surface area contributed by atoms with Gasteiger partial charge in [-0.25, -0.2) is 4.79 Å². The molecule has 1 aliphatic heterocycles. The molecule has 0 spiro atoms. The maximum atomic E-state index is 11.9. The number of rotatable bonds is 6. The first-order chi connectivity index (χ1) is 10.6. The van der Waals surface area contributed by atoms with Crippen LogP contribution in [-0.4, -0.2) is 56.9 Å². The van der Waals surface area contributed by atoms with Crippen molar-refractivity contribution in [3.05, 3.63) is 35.9 Å². The largest absolute Gasteiger partial charge is 0.379 e. The number of ether oxygens (including phenoxy) is 1. The molecule has 0 unspecified atom stereocenters. The SMILES string of the molecule is CC(C)(CNC(=O)NCCN1CCOCC1)c1ccccc1. The molecule has 5 nitrogen and oxygen atoms in total. The minimum atomic E-state index is -0.0998. The van der Waals surface area contributed by atoms with Gasteiger partial charge in [-0.15, -0.1) is 0 Å².